The highest BCUT2D eigenvalue weighted by Gasteiger charge is 2.27. The molecular weight excluding hydrogens is 276 g/mol. The zero-order valence-corrected chi connectivity index (χ0v) is 12.1. The molecule has 1 aromatic heterocycles. The standard InChI is InChI=1S/C13H18N4O2S/c1-17-5-4-10(8-17)16-20(18,19)13-7-15-12-6-9(14)2-3-11(12)13/h2-3,6-7,10,15-16H,4-5,8,14H2,1H3. The zero-order chi connectivity index (χ0) is 14.3. The number of aromatic amines is 1. The topological polar surface area (TPSA) is 91.2 Å². The minimum absolute atomic E-state index is 0.0243. The summed E-state index contributed by atoms with van der Waals surface area (Å²) in [5, 5.41) is 0.665. The fourth-order valence-corrected chi connectivity index (χ4v) is 4.09. The molecule has 4 N–H and O–H groups in total. The molecule has 0 saturated carbocycles. The maximum Gasteiger partial charge on any atom is 0.242 e. The van der Waals surface area contributed by atoms with E-state index in [0.29, 0.717) is 11.1 Å². The van der Waals surface area contributed by atoms with Crippen LogP contribution in [-0.4, -0.2) is 44.5 Å². The Kier molecular flexibility index (Phi) is 3.19. The smallest absolute Gasteiger partial charge is 0.242 e. The molecule has 1 aliphatic heterocycles. The Hall–Kier alpha value is -1.57. The number of sulfonamides is 1. The molecule has 0 spiro atoms. The summed E-state index contributed by atoms with van der Waals surface area (Å²) in [4.78, 5) is 5.35. The third-order valence-corrected chi connectivity index (χ3v) is 5.23. The fraction of sp³-hybridized carbons (Fsp3) is 0.385. The molecule has 1 unspecified atom stereocenters. The van der Waals surface area contributed by atoms with Gasteiger partial charge in [-0.2, -0.15) is 0 Å². The SMILES string of the molecule is CN1CCC(NS(=O)(=O)c2c[nH]c3cc(N)ccc23)C1. The van der Waals surface area contributed by atoms with E-state index in [-0.39, 0.29) is 10.9 Å². The number of likely N-dealkylation sites (tertiary alicyclic amines) is 1. The summed E-state index contributed by atoms with van der Waals surface area (Å²) in [5.74, 6) is 0. The third kappa shape index (κ3) is 2.39. The van der Waals surface area contributed by atoms with Crippen molar-refractivity contribution in [2.24, 2.45) is 0 Å². The summed E-state index contributed by atoms with van der Waals surface area (Å²) < 4.78 is 27.7. The summed E-state index contributed by atoms with van der Waals surface area (Å²) in [6.45, 7) is 1.66. The van der Waals surface area contributed by atoms with Crippen molar-refractivity contribution in [2.45, 2.75) is 17.4 Å². The first-order valence-electron chi connectivity index (χ1n) is 6.53. The van der Waals surface area contributed by atoms with Crippen molar-refractivity contribution in [1.82, 2.24) is 14.6 Å². The molecule has 20 heavy (non-hydrogen) atoms. The molecule has 1 saturated heterocycles. The van der Waals surface area contributed by atoms with Crippen LogP contribution in [0.25, 0.3) is 10.9 Å². The largest absolute Gasteiger partial charge is 0.399 e. The molecule has 108 valence electrons. The maximum atomic E-state index is 12.5. The average molecular weight is 294 g/mol. The van der Waals surface area contributed by atoms with Crippen molar-refractivity contribution in [2.75, 3.05) is 25.9 Å². The van der Waals surface area contributed by atoms with Gasteiger partial charge in [0.15, 0.2) is 0 Å². The second kappa shape index (κ2) is 4.76. The van der Waals surface area contributed by atoms with Gasteiger partial charge in [-0.25, -0.2) is 13.1 Å². The van der Waals surface area contributed by atoms with Crippen molar-refractivity contribution in [1.29, 1.82) is 0 Å². The van der Waals surface area contributed by atoms with Crippen molar-refractivity contribution < 1.29 is 8.42 Å². The van der Waals surface area contributed by atoms with Gasteiger partial charge in [0.05, 0.1) is 0 Å². The van der Waals surface area contributed by atoms with E-state index in [4.69, 9.17) is 5.73 Å². The summed E-state index contributed by atoms with van der Waals surface area (Å²) in [6.07, 6.45) is 2.36. The van der Waals surface area contributed by atoms with Crippen molar-refractivity contribution in [3.63, 3.8) is 0 Å². The number of nitrogens with one attached hydrogen (secondary N) is 2. The van der Waals surface area contributed by atoms with Crippen LogP contribution in [0.4, 0.5) is 5.69 Å². The van der Waals surface area contributed by atoms with E-state index in [1.807, 2.05) is 7.05 Å². The van der Waals surface area contributed by atoms with Gasteiger partial charge in [0.25, 0.3) is 0 Å². The monoisotopic (exact) mass is 294 g/mol. The van der Waals surface area contributed by atoms with E-state index < -0.39 is 10.0 Å². The number of aromatic nitrogens is 1. The predicted octanol–water partition coefficient (Wildman–Crippen LogP) is 0.733. The van der Waals surface area contributed by atoms with Crippen LogP contribution in [0.2, 0.25) is 0 Å². The molecule has 0 radical (unpaired) electrons. The summed E-state index contributed by atoms with van der Waals surface area (Å²) >= 11 is 0. The second-order valence-electron chi connectivity index (χ2n) is 5.33. The van der Waals surface area contributed by atoms with Gasteiger partial charge in [0.2, 0.25) is 10.0 Å². The molecule has 1 fully saturated rings. The Balaban J connectivity index is 1.93. The molecule has 0 amide bonds. The number of fused-ring (bicyclic) bond motifs is 1. The minimum Gasteiger partial charge on any atom is -0.399 e. The number of likely N-dealkylation sites (N-methyl/N-ethyl adjacent to an activating group) is 1. The predicted molar refractivity (Wildman–Crippen MR) is 78.9 cm³/mol. The van der Waals surface area contributed by atoms with Gasteiger partial charge in [-0.05, 0) is 38.2 Å². The zero-order valence-electron chi connectivity index (χ0n) is 11.3. The molecule has 2 heterocycles. The number of hydrogen-bond donors (Lipinski definition) is 3. The van der Waals surface area contributed by atoms with E-state index in [1.54, 1.807) is 18.2 Å². The first-order chi connectivity index (χ1) is 9.45. The first kappa shape index (κ1) is 13.4. The molecule has 2 aromatic rings. The van der Waals surface area contributed by atoms with Crippen molar-refractivity contribution >= 4 is 26.6 Å². The Bertz CT molecular complexity index is 738. The van der Waals surface area contributed by atoms with Gasteiger partial charge >= 0.3 is 0 Å². The van der Waals surface area contributed by atoms with Crippen molar-refractivity contribution in [3.8, 4) is 0 Å². The Labute approximate surface area is 118 Å². The number of nitrogens with two attached hydrogens (primary N) is 1. The second-order valence-corrected chi connectivity index (χ2v) is 7.01. The van der Waals surface area contributed by atoms with Crippen LogP contribution in [0.5, 0.6) is 0 Å². The lowest BCUT2D eigenvalue weighted by atomic mass is 10.2. The number of anilines is 1. The van der Waals surface area contributed by atoms with Gasteiger partial charge in [-0.3, -0.25) is 0 Å². The van der Waals surface area contributed by atoms with Crippen LogP contribution in [0.1, 0.15) is 6.42 Å². The molecular formula is C13H18N4O2S. The molecule has 0 aliphatic carbocycles. The highest BCUT2D eigenvalue weighted by molar-refractivity contribution is 7.89. The maximum absolute atomic E-state index is 12.5. The molecule has 1 aliphatic rings. The third-order valence-electron chi connectivity index (χ3n) is 3.67. The molecule has 6 nitrogen and oxygen atoms in total. The Morgan fingerprint density at radius 3 is 2.95 bits per heavy atom. The first-order valence-corrected chi connectivity index (χ1v) is 8.01. The van der Waals surface area contributed by atoms with E-state index in [0.717, 1.165) is 25.0 Å². The summed E-state index contributed by atoms with van der Waals surface area (Å²) in [5.41, 5.74) is 7.03. The van der Waals surface area contributed by atoms with E-state index in [1.165, 1.54) is 6.20 Å². The summed E-state index contributed by atoms with van der Waals surface area (Å²) in [7, 11) is -1.52. The number of rotatable bonds is 3. The number of benzene rings is 1. The van der Waals surface area contributed by atoms with Crippen LogP contribution >= 0.6 is 0 Å². The van der Waals surface area contributed by atoms with Crippen LogP contribution in [0.3, 0.4) is 0 Å². The number of nitrogens with zero attached hydrogens (tertiary/aromatic N) is 1. The fourth-order valence-electron chi connectivity index (χ4n) is 2.65. The molecule has 3 rings (SSSR count). The van der Waals surface area contributed by atoms with E-state index in [2.05, 4.69) is 14.6 Å². The van der Waals surface area contributed by atoms with Crippen LogP contribution in [0, 0.1) is 0 Å². The number of hydrogen-bond acceptors (Lipinski definition) is 4. The molecule has 1 atom stereocenters. The van der Waals surface area contributed by atoms with E-state index in [9.17, 15) is 8.42 Å². The number of H-pyrrole nitrogens is 1. The van der Waals surface area contributed by atoms with Crippen LogP contribution in [-0.2, 0) is 10.0 Å². The average Bonchev–Trinajstić information content (AvgIpc) is 2.94. The number of nitrogen functional groups attached to an aromatic ring is 1. The Morgan fingerprint density at radius 2 is 2.25 bits per heavy atom. The van der Waals surface area contributed by atoms with Crippen LogP contribution < -0.4 is 10.5 Å². The van der Waals surface area contributed by atoms with Crippen molar-refractivity contribution in [3.05, 3.63) is 24.4 Å². The molecule has 0 bridgehead atoms. The van der Waals surface area contributed by atoms with Gasteiger partial charge < -0.3 is 15.6 Å². The van der Waals surface area contributed by atoms with Gasteiger partial charge in [0.1, 0.15) is 4.90 Å². The highest BCUT2D eigenvalue weighted by Crippen LogP contribution is 2.25. The highest BCUT2D eigenvalue weighted by atomic mass is 32.2. The van der Waals surface area contributed by atoms with E-state index >= 15 is 0 Å². The van der Waals surface area contributed by atoms with Crippen LogP contribution in [0.15, 0.2) is 29.3 Å². The summed E-state index contributed by atoms with van der Waals surface area (Å²) in [6, 6.07) is 5.15. The molecule has 7 heteroatoms. The lowest BCUT2D eigenvalue weighted by Gasteiger charge is -2.12. The Morgan fingerprint density at radius 1 is 1.45 bits per heavy atom. The minimum atomic E-state index is -3.51. The van der Waals surface area contributed by atoms with Gasteiger partial charge in [0, 0.05) is 35.4 Å². The lowest BCUT2D eigenvalue weighted by molar-refractivity contribution is 0.407. The van der Waals surface area contributed by atoms with Gasteiger partial charge in [-0.15, -0.1) is 0 Å². The lowest BCUT2D eigenvalue weighted by Crippen LogP contribution is -2.36. The normalized spacial score (nSPS) is 20.8. The molecule has 1 aromatic carbocycles. The quantitative estimate of drug-likeness (QED) is 0.728. The van der Waals surface area contributed by atoms with Gasteiger partial charge in [-0.1, -0.05) is 0 Å².